The van der Waals surface area contributed by atoms with Crippen LogP contribution in [0.1, 0.15) is 12.8 Å². The van der Waals surface area contributed by atoms with Crippen molar-refractivity contribution in [3.8, 4) is 12.3 Å². The molecule has 1 rings (SSSR count). The largest absolute Gasteiger partial charge is 0.480 e. The highest BCUT2D eigenvalue weighted by Crippen LogP contribution is 2.17. The predicted octanol–water partition coefficient (Wildman–Crippen LogP) is -0.471. The molecule has 1 aliphatic heterocycles. The zero-order valence-corrected chi connectivity index (χ0v) is 7.31. The van der Waals surface area contributed by atoms with Gasteiger partial charge in [-0.2, -0.15) is 0 Å². The number of likely N-dealkylation sites (tertiary alicyclic amines) is 1. The Morgan fingerprint density at radius 2 is 2.38 bits per heavy atom. The summed E-state index contributed by atoms with van der Waals surface area (Å²) in [5.74, 6) is 1.57. The first-order valence-corrected chi connectivity index (χ1v) is 4.23. The zero-order valence-electron chi connectivity index (χ0n) is 7.31. The Bertz CT molecular complexity index is 234. The van der Waals surface area contributed by atoms with E-state index in [2.05, 4.69) is 5.92 Å². The lowest BCUT2D eigenvalue weighted by molar-refractivity contribution is -0.142. The Kier molecular flexibility index (Phi) is 3.29. The van der Waals surface area contributed by atoms with Gasteiger partial charge in [0.2, 0.25) is 0 Å². The third kappa shape index (κ3) is 2.44. The van der Waals surface area contributed by atoms with Gasteiger partial charge in [-0.3, -0.25) is 9.69 Å². The van der Waals surface area contributed by atoms with E-state index in [1.807, 2.05) is 0 Å². The Hall–Kier alpha value is -1.05. The van der Waals surface area contributed by atoms with Crippen LogP contribution in [0.3, 0.4) is 0 Å². The number of aliphatic hydroxyl groups excluding tert-OH is 1. The van der Waals surface area contributed by atoms with Crippen molar-refractivity contribution in [2.45, 2.75) is 25.0 Å². The summed E-state index contributed by atoms with van der Waals surface area (Å²) in [6.45, 7) is 0.961. The van der Waals surface area contributed by atoms with E-state index in [1.54, 1.807) is 4.90 Å². The van der Waals surface area contributed by atoms with Gasteiger partial charge >= 0.3 is 5.97 Å². The van der Waals surface area contributed by atoms with E-state index >= 15 is 0 Å². The molecule has 0 aromatic heterocycles. The van der Waals surface area contributed by atoms with Crippen molar-refractivity contribution in [3.63, 3.8) is 0 Å². The van der Waals surface area contributed by atoms with Gasteiger partial charge in [-0.25, -0.2) is 0 Å². The second-order valence-corrected chi connectivity index (χ2v) is 3.19. The third-order valence-electron chi connectivity index (χ3n) is 2.21. The van der Waals surface area contributed by atoms with Gasteiger partial charge in [0.15, 0.2) is 0 Å². The van der Waals surface area contributed by atoms with E-state index < -0.39 is 18.1 Å². The molecule has 0 aromatic carbocycles. The van der Waals surface area contributed by atoms with Crippen LogP contribution in [0.2, 0.25) is 0 Å². The van der Waals surface area contributed by atoms with Crippen molar-refractivity contribution in [3.05, 3.63) is 0 Å². The van der Waals surface area contributed by atoms with Gasteiger partial charge in [-0.1, -0.05) is 0 Å². The normalized spacial score (nSPS) is 28.6. The molecular formula is C9H13NO3. The molecule has 0 aliphatic carbocycles. The Morgan fingerprint density at radius 1 is 1.69 bits per heavy atom. The van der Waals surface area contributed by atoms with Crippen molar-refractivity contribution >= 4 is 5.97 Å². The Balaban J connectivity index is 2.51. The fourth-order valence-corrected chi connectivity index (χ4v) is 1.59. The molecule has 0 spiro atoms. The lowest BCUT2D eigenvalue weighted by Crippen LogP contribution is -2.36. The van der Waals surface area contributed by atoms with Crippen LogP contribution < -0.4 is 0 Å². The maximum atomic E-state index is 10.7. The molecule has 13 heavy (non-hydrogen) atoms. The maximum absolute atomic E-state index is 10.7. The average Bonchev–Trinajstić information content (AvgIpc) is 2.43. The lowest BCUT2D eigenvalue weighted by atomic mass is 10.2. The number of aliphatic hydroxyl groups is 1. The highest BCUT2D eigenvalue weighted by atomic mass is 16.4. The van der Waals surface area contributed by atoms with Gasteiger partial charge in [0.05, 0.1) is 6.10 Å². The second kappa shape index (κ2) is 4.26. The molecule has 72 valence electrons. The number of aliphatic carboxylic acids is 1. The molecule has 2 unspecified atom stereocenters. The summed E-state index contributed by atoms with van der Waals surface area (Å²) in [7, 11) is 0. The highest BCUT2D eigenvalue weighted by Gasteiger charge is 2.35. The number of β-amino-alcohol motifs (C(OH)–C–C–N with tert-alkyl or cyclic N) is 1. The van der Waals surface area contributed by atoms with Crippen LogP contribution in [-0.2, 0) is 4.79 Å². The van der Waals surface area contributed by atoms with E-state index in [0.717, 1.165) is 0 Å². The standard InChI is InChI=1S/C9H13NO3/c1-2-3-4-10-6-7(11)5-8(10)9(12)13/h1,7-8,11H,3-6H2,(H,12,13). The number of hydrogen-bond acceptors (Lipinski definition) is 3. The predicted molar refractivity (Wildman–Crippen MR) is 47.1 cm³/mol. The number of rotatable bonds is 3. The van der Waals surface area contributed by atoms with Crippen LogP contribution in [0.5, 0.6) is 0 Å². The molecule has 0 saturated carbocycles. The van der Waals surface area contributed by atoms with Gasteiger partial charge in [0.25, 0.3) is 0 Å². The maximum Gasteiger partial charge on any atom is 0.321 e. The molecule has 1 saturated heterocycles. The quantitative estimate of drug-likeness (QED) is 0.581. The molecular weight excluding hydrogens is 170 g/mol. The molecule has 0 aromatic rings. The van der Waals surface area contributed by atoms with Crippen molar-refractivity contribution in [2.75, 3.05) is 13.1 Å². The summed E-state index contributed by atoms with van der Waals surface area (Å²) in [4.78, 5) is 12.4. The number of terminal acetylenes is 1. The van der Waals surface area contributed by atoms with Crippen LogP contribution in [0, 0.1) is 12.3 Å². The van der Waals surface area contributed by atoms with Gasteiger partial charge < -0.3 is 10.2 Å². The van der Waals surface area contributed by atoms with Gasteiger partial charge in [0.1, 0.15) is 6.04 Å². The minimum absolute atomic E-state index is 0.305. The van der Waals surface area contributed by atoms with E-state index in [9.17, 15) is 9.90 Å². The van der Waals surface area contributed by atoms with Crippen LogP contribution in [0.15, 0.2) is 0 Å². The van der Waals surface area contributed by atoms with Gasteiger partial charge in [-0.05, 0) is 0 Å². The zero-order chi connectivity index (χ0) is 9.84. The number of carboxylic acids is 1. The lowest BCUT2D eigenvalue weighted by Gasteiger charge is -2.18. The molecule has 2 N–H and O–H groups in total. The van der Waals surface area contributed by atoms with E-state index in [0.29, 0.717) is 25.9 Å². The smallest absolute Gasteiger partial charge is 0.321 e. The number of carbonyl (C=O) groups is 1. The van der Waals surface area contributed by atoms with Crippen LogP contribution in [0.25, 0.3) is 0 Å². The third-order valence-corrected chi connectivity index (χ3v) is 2.21. The van der Waals surface area contributed by atoms with Crippen molar-refractivity contribution in [1.29, 1.82) is 0 Å². The fraction of sp³-hybridized carbons (Fsp3) is 0.667. The molecule has 2 atom stereocenters. The van der Waals surface area contributed by atoms with Crippen molar-refractivity contribution in [2.24, 2.45) is 0 Å². The first-order chi connectivity index (χ1) is 6.15. The van der Waals surface area contributed by atoms with Crippen molar-refractivity contribution in [1.82, 2.24) is 4.90 Å². The summed E-state index contributed by atoms with van der Waals surface area (Å²) in [6.07, 6.45) is 5.38. The molecule has 1 aliphatic rings. The molecule has 0 bridgehead atoms. The van der Waals surface area contributed by atoms with Crippen molar-refractivity contribution < 1.29 is 15.0 Å². The van der Waals surface area contributed by atoms with Gasteiger partial charge in [-0.15, -0.1) is 12.3 Å². The number of carboxylic acid groups (broad SMARTS) is 1. The first-order valence-electron chi connectivity index (χ1n) is 4.23. The molecule has 4 nitrogen and oxygen atoms in total. The molecule has 1 heterocycles. The molecule has 0 radical (unpaired) electrons. The molecule has 4 heteroatoms. The highest BCUT2D eigenvalue weighted by molar-refractivity contribution is 5.74. The monoisotopic (exact) mass is 183 g/mol. The van der Waals surface area contributed by atoms with Crippen LogP contribution >= 0.6 is 0 Å². The summed E-state index contributed by atoms with van der Waals surface area (Å²) in [5.41, 5.74) is 0. The molecule has 0 amide bonds. The van der Waals surface area contributed by atoms with Crippen LogP contribution in [-0.4, -0.2) is 46.3 Å². The Labute approximate surface area is 77.2 Å². The average molecular weight is 183 g/mol. The summed E-state index contributed by atoms with van der Waals surface area (Å²) < 4.78 is 0. The topological polar surface area (TPSA) is 60.8 Å². The first kappa shape index (κ1) is 10.0. The fourth-order valence-electron chi connectivity index (χ4n) is 1.59. The van der Waals surface area contributed by atoms with E-state index in [4.69, 9.17) is 11.5 Å². The molecule has 1 fully saturated rings. The van der Waals surface area contributed by atoms with Crippen LogP contribution in [0.4, 0.5) is 0 Å². The van der Waals surface area contributed by atoms with E-state index in [-0.39, 0.29) is 0 Å². The number of nitrogens with zero attached hydrogens (tertiary/aromatic N) is 1. The summed E-state index contributed by atoms with van der Waals surface area (Å²) >= 11 is 0. The van der Waals surface area contributed by atoms with Gasteiger partial charge in [0, 0.05) is 25.9 Å². The van der Waals surface area contributed by atoms with E-state index in [1.165, 1.54) is 0 Å². The summed E-state index contributed by atoms with van der Waals surface area (Å²) in [6, 6.07) is -0.566. The second-order valence-electron chi connectivity index (χ2n) is 3.19. The SMILES string of the molecule is C#CCCN1CC(O)CC1C(=O)O. The Morgan fingerprint density at radius 3 is 2.92 bits per heavy atom. The minimum Gasteiger partial charge on any atom is -0.480 e. The summed E-state index contributed by atoms with van der Waals surface area (Å²) in [5, 5.41) is 18.1. The minimum atomic E-state index is -0.881. The number of hydrogen-bond donors (Lipinski definition) is 2.